The summed E-state index contributed by atoms with van der Waals surface area (Å²) in [5, 5.41) is 8.69. The average molecular weight is 169 g/mol. The van der Waals surface area contributed by atoms with Gasteiger partial charge >= 0.3 is 0 Å². The molecule has 0 N–H and O–H groups in total. The minimum Gasteiger partial charge on any atom is -0.259 e. The first-order chi connectivity index (χ1) is 6.40. The van der Waals surface area contributed by atoms with Crippen LogP contribution in [0.1, 0.15) is 6.42 Å². The van der Waals surface area contributed by atoms with Gasteiger partial charge in [0.1, 0.15) is 0 Å². The third kappa shape index (κ3) is 1.47. The minimum absolute atomic E-state index is 0.587. The number of hydrogen-bond donors (Lipinski definition) is 0. The van der Waals surface area contributed by atoms with Crippen molar-refractivity contribution in [3.8, 4) is 6.07 Å². The van der Waals surface area contributed by atoms with Crippen molar-refractivity contribution in [1.82, 2.24) is 0 Å². The summed E-state index contributed by atoms with van der Waals surface area (Å²) in [5.41, 5.74) is 2.45. The second kappa shape index (κ2) is 3.20. The first kappa shape index (κ1) is 7.69. The molecule has 0 amide bonds. The van der Waals surface area contributed by atoms with Gasteiger partial charge in [0.05, 0.1) is 17.5 Å². The molecule has 0 radical (unpaired) electrons. The van der Waals surface area contributed by atoms with Crippen molar-refractivity contribution in [3.63, 3.8) is 0 Å². The van der Waals surface area contributed by atoms with Crippen LogP contribution in [0.4, 0.5) is 0 Å². The quantitative estimate of drug-likeness (QED) is 0.545. The molecule has 0 saturated heterocycles. The average Bonchev–Trinajstić information content (AvgIpc) is 2.41. The van der Waals surface area contributed by atoms with Gasteiger partial charge in [0.2, 0.25) is 0 Å². The lowest BCUT2D eigenvalue weighted by Crippen LogP contribution is -2.05. The molecule has 0 unspecified atom stereocenters. The molecule has 0 aromatic heterocycles. The fraction of sp³-hybridized carbons (Fsp3) is 0.100. The smallest absolute Gasteiger partial charge is 0.0951 e. The Bertz CT molecular complexity index is 414. The molecule has 13 heavy (non-hydrogen) atoms. The van der Waals surface area contributed by atoms with E-state index in [1.807, 2.05) is 6.08 Å². The van der Waals surface area contributed by atoms with Crippen LogP contribution in [0.2, 0.25) is 0 Å². The highest BCUT2D eigenvalue weighted by molar-refractivity contribution is 6.05. The molecule has 0 spiro atoms. The number of nitrogens with zero attached hydrogens (tertiary/aromatic N) is 3. The van der Waals surface area contributed by atoms with Gasteiger partial charge in [-0.25, -0.2) is 0 Å². The van der Waals surface area contributed by atoms with Crippen molar-refractivity contribution < 1.29 is 0 Å². The maximum Gasteiger partial charge on any atom is 0.0951 e. The lowest BCUT2D eigenvalue weighted by Gasteiger charge is -2.07. The first-order valence-electron chi connectivity index (χ1n) is 3.97. The summed E-state index contributed by atoms with van der Waals surface area (Å²) in [4.78, 5) is 8.37. The summed E-state index contributed by atoms with van der Waals surface area (Å²) in [6.45, 7) is 0. The van der Waals surface area contributed by atoms with E-state index in [-0.39, 0.29) is 0 Å². The van der Waals surface area contributed by atoms with Crippen LogP contribution >= 0.6 is 0 Å². The third-order valence-electron chi connectivity index (χ3n) is 1.86. The summed E-state index contributed by atoms with van der Waals surface area (Å²) in [6.07, 6.45) is 9.37. The molecule has 0 bridgehead atoms. The summed E-state index contributed by atoms with van der Waals surface area (Å²) in [7, 11) is 0. The summed E-state index contributed by atoms with van der Waals surface area (Å²) in [6, 6.07) is 2.12. The Hall–Kier alpha value is -1.95. The van der Waals surface area contributed by atoms with Gasteiger partial charge in [0.15, 0.2) is 0 Å². The van der Waals surface area contributed by atoms with E-state index in [1.54, 1.807) is 24.6 Å². The van der Waals surface area contributed by atoms with Gasteiger partial charge in [-0.3, -0.25) is 9.98 Å². The predicted molar refractivity (Wildman–Crippen MR) is 51.5 cm³/mol. The number of aliphatic imine (C=N–C) groups is 2. The second-order valence-electron chi connectivity index (χ2n) is 2.73. The molecule has 3 nitrogen and oxygen atoms in total. The lowest BCUT2D eigenvalue weighted by molar-refractivity contribution is 1.25. The Morgan fingerprint density at radius 3 is 3.15 bits per heavy atom. The van der Waals surface area contributed by atoms with Gasteiger partial charge < -0.3 is 0 Å². The molecule has 0 fully saturated rings. The number of allylic oxidation sites excluding steroid dienone is 5. The zero-order valence-corrected chi connectivity index (χ0v) is 6.94. The van der Waals surface area contributed by atoms with Crippen LogP contribution in [0, 0.1) is 11.3 Å². The van der Waals surface area contributed by atoms with E-state index in [9.17, 15) is 0 Å². The van der Waals surface area contributed by atoms with Crippen LogP contribution in [-0.2, 0) is 0 Å². The number of fused-ring (bicyclic) bond motifs is 1. The first-order valence-corrected chi connectivity index (χ1v) is 3.97. The highest BCUT2D eigenvalue weighted by Gasteiger charge is 2.12. The van der Waals surface area contributed by atoms with Gasteiger partial charge in [0.25, 0.3) is 0 Å². The van der Waals surface area contributed by atoms with Crippen LogP contribution in [0.3, 0.4) is 0 Å². The van der Waals surface area contributed by atoms with Crippen LogP contribution in [0.25, 0.3) is 0 Å². The van der Waals surface area contributed by atoms with Crippen molar-refractivity contribution in [1.29, 1.82) is 5.26 Å². The van der Waals surface area contributed by atoms with Crippen molar-refractivity contribution in [2.24, 2.45) is 9.98 Å². The number of rotatable bonds is 0. The maximum atomic E-state index is 8.69. The monoisotopic (exact) mass is 169 g/mol. The van der Waals surface area contributed by atoms with Gasteiger partial charge in [-0.2, -0.15) is 5.26 Å². The molecule has 1 aliphatic heterocycles. The van der Waals surface area contributed by atoms with Gasteiger partial charge in [-0.15, -0.1) is 0 Å². The highest BCUT2D eigenvalue weighted by atomic mass is 14.8. The Labute approximate surface area is 76.1 Å². The largest absolute Gasteiger partial charge is 0.259 e. The molecule has 3 heteroatoms. The van der Waals surface area contributed by atoms with Crippen LogP contribution in [-0.4, -0.2) is 11.9 Å². The molecule has 0 aromatic carbocycles. The van der Waals surface area contributed by atoms with Crippen molar-refractivity contribution in [2.45, 2.75) is 6.42 Å². The normalized spacial score (nSPS) is 19.2. The Balaban J connectivity index is 2.42. The molecule has 1 aliphatic carbocycles. The van der Waals surface area contributed by atoms with E-state index in [1.165, 1.54) is 0 Å². The molecule has 0 aromatic rings. The number of nitriles is 1. The molecule has 62 valence electrons. The highest BCUT2D eigenvalue weighted by Crippen LogP contribution is 2.17. The summed E-state index contributed by atoms with van der Waals surface area (Å²) in [5.74, 6) is 0. The fourth-order valence-electron chi connectivity index (χ4n) is 1.21. The molecule has 2 rings (SSSR count). The van der Waals surface area contributed by atoms with Gasteiger partial charge in [0, 0.05) is 24.4 Å². The van der Waals surface area contributed by atoms with E-state index >= 15 is 0 Å². The standard InChI is InChI=1S/C10H7N3/c11-7-8-2-3-9-10(6-8)13-5-1-4-12-9/h1-5H,6H2. The van der Waals surface area contributed by atoms with Crippen molar-refractivity contribution in [2.75, 3.05) is 0 Å². The van der Waals surface area contributed by atoms with Crippen LogP contribution in [0.15, 0.2) is 45.7 Å². The molecule has 2 aliphatic rings. The van der Waals surface area contributed by atoms with E-state index < -0.39 is 0 Å². The molecule has 1 heterocycles. The van der Waals surface area contributed by atoms with Gasteiger partial charge in [-0.05, 0) is 18.2 Å². The predicted octanol–water partition coefficient (Wildman–Crippen LogP) is 1.76. The Kier molecular flexibility index (Phi) is 1.89. The minimum atomic E-state index is 0.587. The van der Waals surface area contributed by atoms with Gasteiger partial charge in [-0.1, -0.05) is 0 Å². The Morgan fingerprint density at radius 1 is 1.38 bits per heavy atom. The second-order valence-corrected chi connectivity index (χ2v) is 2.73. The zero-order valence-electron chi connectivity index (χ0n) is 6.94. The molecular weight excluding hydrogens is 162 g/mol. The summed E-state index contributed by atoms with van der Waals surface area (Å²) < 4.78 is 0. The Morgan fingerprint density at radius 2 is 2.31 bits per heavy atom. The zero-order chi connectivity index (χ0) is 9.10. The summed E-state index contributed by atoms with van der Waals surface area (Å²) >= 11 is 0. The van der Waals surface area contributed by atoms with Crippen LogP contribution in [0.5, 0.6) is 0 Å². The van der Waals surface area contributed by atoms with Crippen LogP contribution < -0.4 is 0 Å². The molecule has 0 atom stereocenters. The van der Waals surface area contributed by atoms with Crippen molar-refractivity contribution >= 4 is 11.9 Å². The topological polar surface area (TPSA) is 48.5 Å². The molecular formula is C10H7N3. The lowest BCUT2D eigenvalue weighted by atomic mass is 10.0. The molecule has 0 saturated carbocycles. The van der Waals surface area contributed by atoms with E-state index in [0.717, 1.165) is 17.0 Å². The van der Waals surface area contributed by atoms with E-state index in [0.29, 0.717) is 6.42 Å². The third-order valence-corrected chi connectivity index (χ3v) is 1.86. The van der Waals surface area contributed by atoms with E-state index in [2.05, 4.69) is 16.1 Å². The van der Waals surface area contributed by atoms with Crippen molar-refractivity contribution in [3.05, 3.63) is 35.7 Å². The fourth-order valence-corrected chi connectivity index (χ4v) is 1.21. The number of hydrogen-bond acceptors (Lipinski definition) is 3. The van der Waals surface area contributed by atoms with E-state index in [4.69, 9.17) is 5.26 Å². The maximum absolute atomic E-state index is 8.69. The SMILES string of the molecule is N#CC1=CC=C2N=CC=CN=C2C1.